The highest BCUT2D eigenvalue weighted by molar-refractivity contribution is 6.30. The molecule has 1 amide bonds. The second-order valence-corrected chi connectivity index (χ2v) is 6.70. The van der Waals surface area contributed by atoms with E-state index < -0.39 is 11.9 Å². The Morgan fingerprint density at radius 1 is 1.14 bits per heavy atom. The summed E-state index contributed by atoms with van der Waals surface area (Å²) in [4.78, 5) is 11.1. The minimum Gasteiger partial charge on any atom is -0.496 e. The number of anilines is 1. The predicted molar refractivity (Wildman–Crippen MR) is 108 cm³/mol. The highest BCUT2D eigenvalue weighted by atomic mass is 35.5. The van der Waals surface area contributed by atoms with Crippen LogP contribution in [0.4, 0.5) is 10.1 Å². The van der Waals surface area contributed by atoms with E-state index in [1.165, 1.54) is 20.1 Å². The molecule has 0 aliphatic heterocycles. The van der Waals surface area contributed by atoms with Gasteiger partial charge in [0, 0.05) is 23.2 Å². The standard InChI is InChI=1S/C22H19ClFNO3/c1-13(26)25-17-8-6-14(7-9-17)22(27)18-10-11-19(28-2)20(21(18)24)15-4-3-5-16(23)12-15/h3-12,22,27H,1-2H3,(H,25,26). The van der Waals surface area contributed by atoms with Crippen molar-refractivity contribution in [3.05, 3.63) is 82.6 Å². The molecule has 6 heteroatoms. The minimum atomic E-state index is -1.18. The predicted octanol–water partition coefficient (Wildman–Crippen LogP) is 5.19. The maximum absolute atomic E-state index is 15.4. The minimum absolute atomic E-state index is 0.114. The summed E-state index contributed by atoms with van der Waals surface area (Å²) in [5.41, 5.74) is 1.99. The molecule has 2 N–H and O–H groups in total. The number of hydrogen-bond donors (Lipinski definition) is 2. The molecule has 1 unspecified atom stereocenters. The second-order valence-electron chi connectivity index (χ2n) is 6.26. The van der Waals surface area contributed by atoms with Crippen LogP contribution in [0.2, 0.25) is 5.02 Å². The number of methoxy groups -OCH3 is 1. The zero-order valence-corrected chi connectivity index (χ0v) is 16.1. The Bertz CT molecular complexity index is 1010. The SMILES string of the molecule is COc1ccc(C(O)c2ccc(NC(C)=O)cc2)c(F)c1-c1cccc(Cl)c1. The quantitative estimate of drug-likeness (QED) is 0.620. The van der Waals surface area contributed by atoms with Crippen LogP contribution in [0, 0.1) is 5.82 Å². The van der Waals surface area contributed by atoms with Gasteiger partial charge in [-0.1, -0.05) is 35.9 Å². The second kappa shape index (κ2) is 8.42. The maximum Gasteiger partial charge on any atom is 0.221 e. The topological polar surface area (TPSA) is 58.6 Å². The van der Waals surface area contributed by atoms with Gasteiger partial charge in [-0.25, -0.2) is 4.39 Å². The Balaban J connectivity index is 2.02. The van der Waals surface area contributed by atoms with Gasteiger partial charge in [-0.15, -0.1) is 0 Å². The molecule has 0 aromatic heterocycles. The molecule has 0 aliphatic carbocycles. The van der Waals surface area contributed by atoms with E-state index in [4.69, 9.17) is 16.3 Å². The normalized spacial score (nSPS) is 11.8. The van der Waals surface area contributed by atoms with Crippen LogP contribution >= 0.6 is 11.6 Å². The third kappa shape index (κ3) is 4.16. The molecule has 0 aliphatic rings. The lowest BCUT2D eigenvalue weighted by Crippen LogP contribution is -2.07. The molecule has 0 spiro atoms. The number of carbonyl (C=O) groups excluding carboxylic acids is 1. The van der Waals surface area contributed by atoms with Crippen molar-refractivity contribution in [3.8, 4) is 16.9 Å². The molecule has 0 radical (unpaired) electrons. The van der Waals surface area contributed by atoms with Crippen LogP contribution in [0.5, 0.6) is 5.75 Å². The van der Waals surface area contributed by atoms with Crippen molar-refractivity contribution in [2.45, 2.75) is 13.0 Å². The van der Waals surface area contributed by atoms with Gasteiger partial charge in [0.2, 0.25) is 5.91 Å². The number of halogens is 2. The molecule has 1 atom stereocenters. The summed E-state index contributed by atoms with van der Waals surface area (Å²) in [5, 5.41) is 13.9. The van der Waals surface area contributed by atoms with Crippen molar-refractivity contribution in [1.82, 2.24) is 0 Å². The molecule has 3 aromatic rings. The first kappa shape index (κ1) is 19.9. The lowest BCUT2D eigenvalue weighted by molar-refractivity contribution is -0.114. The van der Waals surface area contributed by atoms with Gasteiger partial charge >= 0.3 is 0 Å². The molecule has 3 rings (SSSR count). The molecule has 28 heavy (non-hydrogen) atoms. The number of aliphatic hydroxyl groups is 1. The van der Waals surface area contributed by atoms with Gasteiger partial charge in [-0.05, 0) is 47.5 Å². The summed E-state index contributed by atoms with van der Waals surface area (Å²) in [6.07, 6.45) is -1.18. The average Bonchev–Trinajstić information content (AvgIpc) is 2.67. The summed E-state index contributed by atoms with van der Waals surface area (Å²) in [7, 11) is 1.46. The number of hydrogen-bond acceptors (Lipinski definition) is 3. The van der Waals surface area contributed by atoms with Crippen molar-refractivity contribution >= 4 is 23.2 Å². The molecule has 0 heterocycles. The fourth-order valence-electron chi connectivity index (χ4n) is 3.00. The van der Waals surface area contributed by atoms with Gasteiger partial charge in [0.15, 0.2) is 0 Å². The molecule has 0 saturated heterocycles. The van der Waals surface area contributed by atoms with Crippen molar-refractivity contribution in [2.75, 3.05) is 12.4 Å². The van der Waals surface area contributed by atoms with Crippen LogP contribution in [0.15, 0.2) is 60.7 Å². The first-order chi connectivity index (χ1) is 13.4. The van der Waals surface area contributed by atoms with Crippen molar-refractivity contribution < 1.29 is 19.0 Å². The zero-order valence-electron chi connectivity index (χ0n) is 15.4. The van der Waals surface area contributed by atoms with Crippen molar-refractivity contribution in [3.63, 3.8) is 0 Å². The molecule has 0 bridgehead atoms. The fraction of sp³-hybridized carbons (Fsp3) is 0.136. The van der Waals surface area contributed by atoms with E-state index in [2.05, 4.69) is 5.32 Å². The summed E-state index contributed by atoms with van der Waals surface area (Å²) in [6.45, 7) is 1.41. The van der Waals surface area contributed by atoms with Gasteiger partial charge in [0.05, 0.1) is 12.7 Å². The fourth-order valence-corrected chi connectivity index (χ4v) is 3.19. The molecule has 0 fully saturated rings. The van der Waals surface area contributed by atoms with Crippen LogP contribution in [0.3, 0.4) is 0 Å². The van der Waals surface area contributed by atoms with Gasteiger partial charge in [-0.3, -0.25) is 4.79 Å². The third-order valence-electron chi connectivity index (χ3n) is 4.31. The van der Waals surface area contributed by atoms with E-state index in [0.29, 0.717) is 27.6 Å². The van der Waals surface area contributed by atoms with Gasteiger partial charge in [0.1, 0.15) is 17.7 Å². The summed E-state index contributed by atoms with van der Waals surface area (Å²) in [6, 6.07) is 16.5. The zero-order chi connectivity index (χ0) is 20.3. The van der Waals surface area contributed by atoms with E-state index >= 15 is 4.39 Å². The summed E-state index contributed by atoms with van der Waals surface area (Å²) in [5.74, 6) is -0.433. The van der Waals surface area contributed by atoms with Crippen LogP contribution in [-0.2, 0) is 4.79 Å². The highest BCUT2D eigenvalue weighted by Gasteiger charge is 2.22. The Morgan fingerprint density at radius 3 is 2.46 bits per heavy atom. The largest absolute Gasteiger partial charge is 0.496 e. The Kier molecular flexibility index (Phi) is 5.97. The molecular formula is C22H19ClFNO3. The first-order valence-corrected chi connectivity index (χ1v) is 8.96. The van der Waals surface area contributed by atoms with E-state index in [9.17, 15) is 9.90 Å². The van der Waals surface area contributed by atoms with Crippen LogP contribution in [0.1, 0.15) is 24.2 Å². The Labute approximate surface area is 167 Å². The number of rotatable bonds is 5. The lowest BCUT2D eigenvalue weighted by Gasteiger charge is -2.18. The van der Waals surface area contributed by atoms with Crippen LogP contribution < -0.4 is 10.1 Å². The maximum atomic E-state index is 15.4. The summed E-state index contributed by atoms with van der Waals surface area (Å²) < 4.78 is 20.7. The number of ether oxygens (including phenoxy) is 1. The van der Waals surface area contributed by atoms with E-state index in [-0.39, 0.29) is 17.0 Å². The molecule has 144 valence electrons. The number of carbonyl (C=O) groups is 1. The van der Waals surface area contributed by atoms with Crippen LogP contribution in [-0.4, -0.2) is 18.1 Å². The van der Waals surface area contributed by atoms with Crippen molar-refractivity contribution in [1.29, 1.82) is 0 Å². The van der Waals surface area contributed by atoms with Crippen LogP contribution in [0.25, 0.3) is 11.1 Å². The molecule has 0 saturated carbocycles. The average molecular weight is 400 g/mol. The monoisotopic (exact) mass is 399 g/mol. The smallest absolute Gasteiger partial charge is 0.221 e. The number of amides is 1. The highest BCUT2D eigenvalue weighted by Crippen LogP contribution is 2.38. The summed E-state index contributed by atoms with van der Waals surface area (Å²) >= 11 is 6.05. The lowest BCUT2D eigenvalue weighted by atomic mass is 9.95. The van der Waals surface area contributed by atoms with E-state index in [0.717, 1.165) is 0 Å². The molecule has 3 aromatic carbocycles. The Morgan fingerprint density at radius 2 is 1.86 bits per heavy atom. The Hall–Kier alpha value is -2.89. The molecule has 4 nitrogen and oxygen atoms in total. The molecular weight excluding hydrogens is 381 g/mol. The first-order valence-electron chi connectivity index (χ1n) is 8.58. The third-order valence-corrected chi connectivity index (χ3v) is 4.54. The number of nitrogens with one attached hydrogen (secondary N) is 1. The van der Waals surface area contributed by atoms with Gasteiger partial charge in [-0.2, -0.15) is 0 Å². The van der Waals surface area contributed by atoms with Gasteiger partial charge in [0.25, 0.3) is 0 Å². The number of aliphatic hydroxyl groups excluding tert-OH is 1. The van der Waals surface area contributed by atoms with Gasteiger partial charge < -0.3 is 15.2 Å². The van der Waals surface area contributed by atoms with E-state index in [1.807, 2.05) is 0 Å². The van der Waals surface area contributed by atoms with Crippen molar-refractivity contribution in [2.24, 2.45) is 0 Å². The van der Waals surface area contributed by atoms with E-state index in [1.54, 1.807) is 54.6 Å². The number of benzene rings is 3.